The van der Waals surface area contributed by atoms with Crippen LogP contribution in [0.2, 0.25) is 0 Å². The van der Waals surface area contributed by atoms with E-state index in [1.54, 1.807) is 0 Å². The van der Waals surface area contributed by atoms with Crippen molar-refractivity contribution >= 4 is 29.5 Å². The summed E-state index contributed by atoms with van der Waals surface area (Å²) < 4.78 is 9.58. The van der Waals surface area contributed by atoms with E-state index in [4.69, 9.17) is 9.47 Å². The fraction of sp³-hybridized carbons (Fsp3) is 0.316. The van der Waals surface area contributed by atoms with Gasteiger partial charge in [-0.05, 0) is 32.9 Å². The van der Waals surface area contributed by atoms with Gasteiger partial charge < -0.3 is 19.7 Å². The fourth-order valence-electron chi connectivity index (χ4n) is 2.12. The Morgan fingerprint density at radius 2 is 1.36 bits per heavy atom. The first-order valence-corrected chi connectivity index (χ1v) is 8.06. The monoisotopic (exact) mass is 392 g/mol. The summed E-state index contributed by atoms with van der Waals surface area (Å²) in [5.41, 5.74) is -1.10. The summed E-state index contributed by atoms with van der Waals surface area (Å²) in [4.78, 5) is 58.4. The highest BCUT2D eigenvalue weighted by atomic mass is 16.6. The Morgan fingerprint density at radius 3 is 1.82 bits per heavy atom. The Morgan fingerprint density at radius 1 is 0.893 bits per heavy atom. The van der Waals surface area contributed by atoms with Crippen molar-refractivity contribution in [3.8, 4) is 0 Å². The summed E-state index contributed by atoms with van der Waals surface area (Å²) in [6, 6.07) is 1.90. The van der Waals surface area contributed by atoms with E-state index in [-0.39, 0.29) is 22.3 Å². The lowest BCUT2D eigenvalue weighted by Gasteiger charge is -2.14. The molecule has 1 aromatic rings. The molecule has 9 heteroatoms. The number of esters is 2. The number of carboxylic acids is 1. The molecule has 0 aliphatic rings. The number of carboxylic acid groups (broad SMARTS) is 1. The molecule has 150 valence electrons. The average Bonchev–Trinajstić information content (AvgIpc) is 2.62. The Bertz CT molecular complexity index is 851. The summed E-state index contributed by atoms with van der Waals surface area (Å²) in [6.07, 6.45) is -1.34. The summed E-state index contributed by atoms with van der Waals surface area (Å²) in [7, 11) is 0. The van der Waals surface area contributed by atoms with Gasteiger partial charge in [0, 0.05) is 16.7 Å². The van der Waals surface area contributed by atoms with Gasteiger partial charge in [0.1, 0.15) is 19.3 Å². The number of Topliss-reactive ketones (excluding diaryl/α,β-unsaturated/α-hetero) is 2. The molecule has 0 saturated carbocycles. The Hall–Kier alpha value is -3.33. The third kappa shape index (κ3) is 5.85. The van der Waals surface area contributed by atoms with Crippen molar-refractivity contribution in [3.63, 3.8) is 0 Å². The van der Waals surface area contributed by atoms with Crippen molar-refractivity contribution in [2.75, 3.05) is 13.2 Å². The molecule has 0 heterocycles. The molecular formula is C19H20O9. The zero-order chi connectivity index (χ0) is 21.6. The highest BCUT2D eigenvalue weighted by molar-refractivity contribution is 6.12. The van der Waals surface area contributed by atoms with E-state index in [9.17, 15) is 34.2 Å². The lowest BCUT2D eigenvalue weighted by Crippen LogP contribution is -2.26. The number of carbonyl (C=O) groups is 5. The van der Waals surface area contributed by atoms with Gasteiger partial charge in [0.25, 0.3) is 0 Å². The normalized spacial score (nSPS) is 11.3. The maximum absolute atomic E-state index is 12.3. The number of rotatable bonds is 9. The number of hydrogen-bond acceptors (Lipinski definition) is 8. The van der Waals surface area contributed by atoms with Gasteiger partial charge >= 0.3 is 17.9 Å². The number of aliphatic hydroxyl groups is 1. The summed E-state index contributed by atoms with van der Waals surface area (Å²) in [5, 5.41) is 19.0. The van der Waals surface area contributed by atoms with Crippen molar-refractivity contribution in [2.24, 2.45) is 0 Å². The molecule has 28 heavy (non-hydrogen) atoms. The highest BCUT2D eigenvalue weighted by Gasteiger charge is 2.24. The lowest BCUT2D eigenvalue weighted by molar-refractivity contribution is -0.142. The molecule has 0 bridgehead atoms. The van der Waals surface area contributed by atoms with Crippen LogP contribution in [0.4, 0.5) is 0 Å². The van der Waals surface area contributed by atoms with Crippen LogP contribution in [0.1, 0.15) is 62.2 Å². The molecule has 1 rings (SSSR count). The van der Waals surface area contributed by atoms with Crippen LogP contribution in [0.3, 0.4) is 0 Å². The second kappa shape index (κ2) is 9.56. The molecule has 0 spiro atoms. The van der Waals surface area contributed by atoms with Gasteiger partial charge in [-0.1, -0.05) is 6.58 Å². The van der Waals surface area contributed by atoms with E-state index in [0.29, 0.717) is 0 Å². The van der Waals surface area contributed by atoms with Gasteiger partial charge in [0.05, 0.1) is 11.1 Å². The van der Waals surface area contributed by atoms with Crippen molar-refractivity contribution in [2.45, 2.75) is 26.9 Å². The maximum Gasteiger partial charge on any atom is 0.338 e. The van der Waals surface area contributed by atoms with E-state index in [1.165, 1.54) is 6.92 Å². The minimum atomic E-state index is -1.46. The first-order chi connectivity index (χ1) is 13.0. The van der Waals surface area contributed by atoms with Crippen LogP contribution in [-0.2, 0) is 14.3 Å². The predicted molar refractivity (Wildman–Crippen MR) is 95.5 cm³/mol. The van der Waals surface area contributed by atoms with Crippen molar-refractivity contribution in [1.82, 2.24) is 0 Å². The first kappa shape index (κ1) is 22.7. The summed E-state index contributed by atoms with van der Waals surface area (Å²) in [6.45, 7) is 6.03. The van der Waals surface area contributed by atoms with Gasteiger partial charge in [0.2, 0.25) is 0 Å². The highest BCUT2D eigenvalue weighted by Crippen LogP contribution is 2.20. The van der Waals surface area contributed by atoms with Crippen LogP contribution in [-0.4, -0.2) is 59.0 Å². The molecule has 0 aliphatic carbocycles. The Kier molecular flexibility index (Phi) is 7.75. The Labute approximate surface area is 160 Å². The third-order valence-corrected chi connectivity index (χ3v) is 3.53. The Balaban J connectivity index is 3.03. The number of aromatic carboxylic acids is 1. The molecule has 0 aromatic heterocycles. The number of benzene rings is 1. The fourth-order valence-corrected chi connectivity index (χ4v) is 2.12. The van der Waals surface area contributed by atoms with Gasteiger partial charge in [-0.15, -0.1) is 0 Å². The van der Waals surface area contributed by atoms with Gasteiger partial charge in [-0.25, -0.2) is 14.4 Å². The van der Waals surface area contributed by atoms with Crippen LogP contribution in [0.25, 0.3) is 0 Å². The molecule has 1 unspecified atom stereocenters. The average molecular weight is 392 g/mol. The molecule has 0 fully saturated rings. The number of carbonyl (C=O) groups excluding carboxylic acids is 4. The minimum absolute atomic E-state index is 0.127. The van der Waals surface area contributed by atoms with E-state index < -0.39 is 54.4 Å². The van der Waals surface area contributed by atoms with E-state index >= 15 is 0 Å². The van der Waals surface area contributed by atoms with Crippen LogP contribution in [0.15, 0.2) is 24.3 Å². The minimum Gasteiger partial charge on any atom is -0.478 e. The number of ether oxygens (including phenoxy) is 2. The number of ketones is 2. The zero-order valence-corrected chi connectivity index (χ0v) is 15.6. The van der Waals surface area contributed by atoms with Crippen LogP contribution >= 0.6 is 0 Å². The SMILES string of the molecule is C=C(C)C(=O)OCC(O)COC(=O)c1cc(C(=O)O)c(C(C)=O)cc1C(C)=O. The second-order valence-electron chi connectivity index (χ2n) is 5.99. The van der Waals surface area contributed by atoms with E-state index in [2.05, 4.69) is 6.58 Å². The van der Waals surface area contributed by atoms with Crippen LogP contribution in [0, 0.1) is 0 Å². The molecule has 9 nitrogen and oxygen atoms in total. The standard InChI is InChI=1S/C19H20O9/c1-9(2)18(25)27-7-12(22)8-28-19(26)16-6-15(17(23)24)13(10(3)20)5-14(16)11(4)21/h5-6,12,22H,1,7-8H2,2-4H3,(H,23,24). The van der Waals surface area contributed by atoms with Crippen molar-refractivity contribution < 1.29 is 43.7 Å². The molecular weight excluding hydrogens is 372 g/mol. The molecule has 0 radical (unpaired) electrons. The predicted octanol–water partition coefficient (Wildman–Crippen LogP) is 1.43. The molecule has 0 saturated heterocycles. The summed E-state index contributed by atoms with van der Waals surface area (Å²) in [5.74, 6) is -4.43. The van der Waals surface area contributed by atoms with Gasteiger partial charge in [-0.2, -0.15) is 0 Å². The van der Waals surface area contributed by atoms with Crippen molar-refractivity contribution in [1.29, 1.82) is 0 Å². The lowest BCUT2D eigenvalue weighted by atomic mass is 9.94. The zero-order valence-electron chi connectivity index (χ0n) is 15.6. The van der Waals surface area contributed by atoms with E-state index in [0.717, 1.165) is 26.0 Å². The third-order valence-electron chi connectivity index (χ3n) is 3.53. The second-order valence-corrected chi connectivity index (χ2v) is 5.99. The van der Waals surface area contributed by atoms with Gasteiger partial charge in [0.15, 0.2) is 11.6 Å². The molecule has 2 N–H and O–H groups in total. The maximum atomic E-state index is 12.3. The molecule has 0 amide bonds. The molecule has 1 atom stereocenters. The molecule has 0 aliphatic heterocycles. The number of aliphatic hydroxyl groups excluding tert-OH is 1. The number of hydrogen-bond donors (Lipinski definition) is 2. The van der Waals surface area contributed by atoms with Crippen LogP contribution < -0.4 is 0 Å². The largest absolute Gasteiger partial charge is 0.478 e. The van der Waals surface area contributed by atoms with Crippen molar-refractivity contribution in [3.05, 3.63) is 46.5 Å². The quantitative estimate of drug-likeness (QED) is 0.362. The summed E-state index contributed by atoms with van der Waals surface area (Å²) >= 11 is 0. The van der Waals surface area contributed by atoms with Gasteiger partial charge in [-0.3, -0.25) is 9.59 Å². The molecule has 1 aromatic carbocycles. The topological polar surface area (TPSA) is 144 Å². The smallest absolute Gasteiger partial charge is 0.338 e. The van der Waals surface area contributed by atoms with E-state index in [1.807, 2.05) is 0 Å². The first-order valence-electron chi connectivity index (χ1n) is 8.06. The van der Waals surface area contributed by atoms with Crippen LogP contribution in [0.5, 0.6) is 0 Å².